The van der Waals surface area contributed by atoms with Gasteiger partial charge < -0.3 is 4.90 Å². The molecule has 1 unspecified atom stereocenters. The Morgan fingerprint density at radius 3 is 1.23 bits per heavy atom. The quantitative estimate of drug-likeness (QED) is 0.158. The summed E-state index contributed by atoms with van der Waals surface area (Å²) in [7, 11) is 4.34. The molecule has 0 heterocycles. The van der Waals surface area contributed by atoms with E-state index >= 15 is 0 Å². The van der Waals surface area contributed by atoms with Crippen LogP contribution in [-0.4, -0.2) is 25.0 Å². The maximum atomic E-state index is 4.13. The van der Waals surface area contributed by atoms with Crippen molar-refractivity contribution < 1.29 is 0 Å². The minimum atomic E-state index is 0. The minimum Gasteiger partial charge on any atom is -0.303 e. The van der Waals surface area contributed by atoms with Gasteiger partial charge in [0, 0.05) is 6.04 Å². The highest BCUT2D eigenvalue weighted by atomic mass is 35.5. The number of hydrogen-bond acceptors (Lipinski definition) is 1. The highest BCUT2D eigenvalue weighted by Gasteiger charge is 2.10. The molecule has 1 nitrogen and oxygen atoms in total. The molecule has 158 valence electrons. The first-order valence-electron chi connectivity index (χ1n) is 11.4. The molecule has 0 fully saturated rings. The topological polar surface area (TPSA) is 3.24 Å². The summed E-state index contributed by atoms with van der Waals surface area (Å²) in [5.41, 5.74) is 1.31. The van der Waals surface area contributed by atoms with Gasteiger partial charge >= 0.3 is 0 Å². The number of likely N-dealkylation sites (N-methyl/N-ethyl adjacent to an activating group) is 1. The number of unbranched alkanes of at least 4 members (excludes halogenated alkanes) is 15. The van der Waals surface area contributed by atoms with Crippen LogP contribution in [0, 0.1) is 0 Å². The third-order valence-corrected chi connectivity index (χ3v) is 5.52. The Bertz CT molecular complexity index is 288. The summed E-state index contributed by atoms with van der Waals surface area (Å²) >= 11 is 0. The zero-order valence-corrected chi connectivity index (χ0v) is 19.5. The van der Waals surface area contributed by atoms with Crippen molar-refractivity contribution in [1.82, 2.24) is 4.90 Å². The van der Waals surface area contributed by atoms with Crippen LogP contribution in [0.15, 0.2) is 12.2 Å². The van der Waals surface area contributed by atoms with Crippen LogP contribution < -0.4 is 0 Å². The lowest BCUT2D eigenvalue weighted by atomic mass is 10.00. The van der Waals surface area contributed by atoms with Crippen molar-refractivity contribution in [2.24, 2.45) is 0 Å². The molecular formula is C24H50ClN. The third kappa shape index (κ3) is 18.8. The van der Waals surface area contributed by atoms with Gasteiger partial charge in [-0.05, 0) is 27.4 Å². The van der Waals surface area contributed by atoms with E-state index in [1.54, 1.807) is 0 Å². The van der Waals surface area contributed by atoms with Gasteiger partial charge in [-0.1, -0.05) is 122 Å². The second kappa shape index (κ2) is 21.3. The zero-order chi connectivity index (χ0) is 18.8. The lowest BCUT2D eigenvalue weighted by molar-refractivity contribution is 0.307. The predicted octanol–water partition coefficient (Wildman–Crippen LogP) is 8.57. The van der Waals surface area contributed by atoms with Gasteiger partial charge in [0.1, 0.15) is 0 Å². The summed E-state index contributed by atoms with van der Waals surface area (Å²) in [5, 5.41) is 0. The molecule has 0 radical (unpaired) electrons. The van der Waals surface area contributed by atoms with Crippen molar-refractivity contribution in [3.8, 4) is 0 Å². The SMILES string of the molecule is C=C(C)C(CCCCCCCCCCCCCCCCCC)N(C)C.Cl. The Morgan fingerprint density at radius 2 is 0.962 bits per heavy atom. The maximum Gasteiger partial charge on any atom is 0.0296 e. The largest absolute Gasteiger partial charge is 0.303 e. The van der Waals surface area contributed by atoms with Crippen LogP contribution in [-0.2, 0) is 0 Å². The van der Waals surface area contributed by atoms with E-state index in [4.69, 9.17) is 0 Å². The molecule has 0 saturated heterocycles. The molecule has 0 aliphatic rings. The van der Waals surface area contributed by atoms with E-state index < -0.39 is 0 Å². The first-order chi connectivity index (χ1) is 12.1. The average molecular weight is 388 g/mol. The van der Waals surface area contributed by atoms with E-state index in [-0.39, 0.29) is 12.4 Å². The van der Waals surface area contributed by atoms with E-state index in [9.17, 15) is 0 Å². The third-order valence-electron chi connectivity index (χ3n) is 5.52. The summed E-state index contributed by atoms with van der Waals surface area (Å²) in [4.78, 5) is 2.31. The van der Waals surface area contributed by atoms with Gasteiger partial charge in [0.05, 0.1) is 0 Å². The Balaban J connectivity index is 0. The second-order valence-corrected chi connectivity index (χ2v) is 8.42. The Morgan fingerprint density at radius 1 is 0.654 bits per heavy atom. The summed E-state index contributed by atoms with van der Waals surface area (Å²) < 4.78 is 0. The van der Waals surface area contributed by atoms with E-state index in [0.717, 1.165) is 0 Å². The van der Waals surface area contributed by atoms with Crippen molar-refractivity contribution in [2.75, 3.05) is 14.1 Å². The van der Waals surface area contributed by atoms with E-state index in [0.29, 0.717) is 6.04 Å². The molecule has 0 N–H and O–H groups in total. The standard InChI is InChI=1S/C24H49N.ClH/c1-6-7-8-9-10-11-12-13-14-15-16-17-18-19-20-21-22-24(23(2)3)25(4)5;/h24H,2,6-22H2,1,3-5H3;1H. The van der Waals surface area contributed by atoms with Crippen molar-refractivity contribution in [1.29, 1.82) is 0 Å². The monoisotopic (exact) mass is 387 g/mol. The van der Waals surface area contributed by atoms with E-state index in [2.05, 4.69) is 39.4 Å². The first-order valence-corrected chi connectivity index (χ1v) is 11.4. The number of rotatable bonds is 19. The van der Waals surface area contributed by atoms with Gasteiger partial charge in [-0.25, -0.2) is 0 Å². The van der Waals surface area contributed by atoms with Crippen LogP contribution in [0.2, 0.25) is 0 Å². The number of nitrogens with zero attached hydrogens (tertiary/aromatic N) is 1. The molecule has 0 aromatic heterocycles. The summed E-state index contributed by atoms with van der Waals surface area (Å²) in [5.74, 6) is 0. The lowest BCUT2D eigenvalue weighted by Crippen LogP contribution is -2.28. The van der Waals surface area contributed by atoms with Gasteiger partial charge in [0.25, 0.3) is 0 Å². The van der Waals surface area contributed by atoms with Gasteiger partial charge in [0.15, 0.2) is 0 Å². The first kappa shape index (κ1) is 28.2. The molecule has 0 aliphatic carbocycles. The maximum absolute atomic E-state index is 4.13. The lowest BCUT2D eigenvalue weighted by Gasteiger charge is -2.24. The Labute approximate surface area is 172 Å². The van der Waals surface area contributed by atoms with Crippen molar-refractivity contribution in [2.45, 2.75) is 129 Å². The fraction of sp³-hybridized carbons (Fsp3) is 0.917. The van der Waals surface area contributed by atoms with Crippen LogP contribution >= 0.6 is 12.4 Å². The fourth-order valence-electron chi connectivity index (χ4n) is 3.83. The Kier molecular flexibility index (Phi) is 23.1. The van der Waals surface area contributed by atoms with Gasteiger partial charge in [0.2, 0.25) is 0 Å². The van der Waals surface area contributed by atoms with Crippen LogP contribution in [0.5, 0.6) is 0 Å². The normalized spacial score (nSPS) is 12.2. The average Bonchev–Trinajstić information content (AvgIpc) is 2.57. The zero-order valence-electron chi connectivity index (χ0n) is 18.7. The molecule has 0 aromatic rings. The van der Waals surface area contributed by atoms with E-state index in [1.807, 2.05) is 0 Å². The molecule has 26 heavy (non-hydrogen) atoms. The summed E-state index contributed by atoms with van der Waals surface area (Å²) in [6.45, 7) is 8.59. The van der Waals surface area contributed by atoms with Gasteiger partial charge in [-0.15, -0.1) is 12.4 Å². The van der Waals surface area contributed by atoms with Crippen LogP contribution in [0.4, 0.5) is 0 Å². The molecule has 0 amide bonds. The van der Waals surface area contributed by atoms with Crippen LogP contribution in [0.25, 0.3) is 0 Å². The highest BCUT2D eigenvalue weighted by Crippen LogP contribution is 2.16. The van der Waals surface area contributed by atoms with E-state index in [1.165, 1.54) is 115 Å². The Hall–Kier alpha value is -0.0100. The fourth-order valence-corrected chi connectivity index (χ4v) is 3.83. The molecule has 2 heteroatoms. The van der Waals surface area contributed by atoms with Crippen LogP contribution in [0.1, 0.15) is 123 Å². The molecule has 0 aromatic carbocycles. The highest BCUT2D eigenvalue weighted by molar-refractivity contribution is 5.85. The molecule has 0 rings (SSSR count). The van der Waals surface area contributed by atoms with Crippen LogP contribution in [0.3, 0.4) is 0 Å². The minimum absolute atomic E-state index is 0. The molecular weight excluding hydrogens is 338 g/mol. The van der Waals surface area contributed by atoms with Gasteiger partial charge in [-0.2, -0.15) is 0 Å². The molecule has 0 spiro atoms. The number of hydrogen-bond donors (Lipinski definition) is 0. The van der Waals surface area contributed by atoms with Gasteiger partial charge in [-0.3, -0.25) is 0 Å². The second-order valence-electron chi connectivity index (χ2n) is 8.42. The predicted molar refractivity (Wildman–Crippen MR) is 124 cm³/mol. The molecule has 1 atom stereocenters. The smallest absolute Gasteiger partial charge is 0.0296 e. The molecule has 0 aliphatic heterocycles. The summed E-state index contributed by atoms with van der Waals surface area (Å²) in [6, 6.07) is 0.576. The molecule has 0 bridgehead atoms. The molecule has 0 saturated carbocycles. The van der Waals surface area contributed by atoms with Crippen molar-refractivity contribution in [3.63, 3.8) is 0 Å². The van der Waals surface area contributed by atoms with Crippen molar-refractivity contribution in [3.05, 3.63) is 12.2 Å². The number of halogens is 1. The summed E-state index contributed by atoms with van der Waals surface area (Å²) in [6.07, 6.45) is 24.4. The van der Waals surface area contributed by atoms with Crippen molar-refractivity contribution >= 4 is 12.4 Å².